The zero-order valence-corrected chi connectivity index (χ0v) is 24.9. The first kappa shape index (κ1) is 29.4. The highest BCUT2D eigenvalue weighted by Crippen LogP contribution is 2.28. The van der Waals surface area contributed by atoms with Gasteiger partial charge in [0.25, 0.3) is 0 Å². The Kier molecular flexibility index (Phi) is 10.0. The van der Waals surface area contributed by atoms with E-state index in [1.807, 2.05) is 34.6 Å². The molecule has 6 nitrogen and oxygen atoms in total. The van der Waals surface area contributed by atoms with E-state index in [0.717, 1.165) is 60.4 Å². The zero-order valence-electron chi connectivity index (χ0n) is 23.4. The van der Waals surface area contributed by atoms with Crippen molar-refractivity contribution in [2.24, 2.45) is 0 Å². The molecule has 2 aliphatic rings. The molecule has 204 valence electrons. The Morgan fingerprint density at radius 3 is 1.49 bits per heavy atom. The normalized spacial score (nSPS) is 16.3. The fourth-order valence-corrected chi connectivity index (χ4v) is 4.83. The molecule has 2 fully saturated rings. The molecular formula is C29H42Cl2N4O2. The van der Waals surface area contributed by atoms with Gasteiger partial charge < -0.3 is 24.8 Å². The van der Waals surface area contributed by atoms with Crippen molar-refractivity contribution in [2.75, 3.05) is 62.2 Å². The second kappa shape index (κ2) is 12.6. The highest BCUT2D eigenvalue weighted by molar-refractivity contribution is 6.32. The highest BCUT2D eigenvalue weighted by atomic mass is 35.5. The fraction of sp³-hybridized carbons (Fsp3) is 0.552. The van der Waals surface area contributed by atoms with Gasteiger partial charge >= 0.3 is 6.09 Å². The van der Waals surface area contributed by atoms with E-state index < -0.39 is 5.60 Å². The Hall–Kier alpha value is -2.15. The van der Waals surface area contributed by atoms with Gasteiger partial charge in [-0.25, -0.2) is 4.79 Å². The van der Waals surface area contributed by atoms with Crippen LogP contribution in [0.3, 0.4) is 0 Å². The number of carbonyl (C=O) groups is 1. The molecule has 1 amide bonds. The number of ether oxygens (including phenoxy) is 1. The van der Waals surface area contributed by atoms with Gasteiger partial charge in [0, 0.05) is 73.8 Å². The molecule has 0 saturated carbocycles. The predicted octanol–water partition coefficient (Wildman–Crippen LogP) is 6.38. The van der Waals surface area contributed by atoms with Crippen LogP contribution in [-0.4, -0.2) is 69.0 Å². The van der Waals surface area contributed by atoms with E-state index in [4.69, 9.17) is 27.9 Å². The molecule has 0 aliphatic carbocycles. The lowest BCUT2D eigenvalue weighted by Gasteiger charge is -2.37. The van der Waals surface area contributed by atoms with Gasteiger partial charge in [0.2, 0.25) is 0 Å². The quantitative estimate of drug-likeness (QED) is 0.471. The zero-order chi connectivity index (χ0) is 27.3. The van der Waals surface area contributed by atoms with E-state index in [1.54, 1.807) is 4.90 Å². The third kappa shape index (κ3) is 8.17. The largest absolute Gasteiger partial charge is 0.444 e. The number of hydrogen-bond acceptors (Lipinski definition) is 5. The van der Waals surface area contributed by atoms with Crippen LogP contribution in [0.25, 0.3) is 0 Å². The van der Waals surface area contributed by atoms with Crippen molar-refractivity contribution in [3.8, 4) is 0 Å². The smallest absolute Gasteiger partial charge is 0.410 e. The predicted molar refractivity (Wildman–Crippen MR) is 157 cm³/mol. The van der Waals surface area contributed by atoms with Crippen molar-refractivity contribution in [1.29, 1.82) is 0 Å². The van der Waals surface area contributed by atoms with Gasteiger partial charge in [0.1, 0.15) is 5.60 Å². The summed E-state index contributed by atoms with van der Waals surface area (Å²) in [5.74, 6) is 0. The maximum Gasteiger partial charge on any atom is 0.410 e. The summed E-state index contributed by atoms with van der Waals surface area (Å²) in [4.78, 5) is 18.6. The number of nitrogens with zero attached hydrogens (tertiary/aromatic N) is 3. The van der Waals surface area contributed by atoms with Gasteiger partial charge in [-0.2, -0.15) is 0 Å². The van der Waals surface area contributed by atoms with Gasteiger partial charge in [-0.15, -0.1) is 0 Å². The summed E-state index contributed by atoms with van der Waals surface area (Å²) in [6, 6.07) is 8.58. The molecule has 0 aromatic heterocycles. The van der Waals surface area contributed by atoms with E-state index in [-0.39, 0.29) is 6.09 Å². The van der Waals surface area contributed by atoms with Gasteiger partial charge in [-0.05, 0) is 95.0 Å². The Morgan fingerprint density at radius 1 is 0.730 bits per heavy atom. The van der Waals surface area contributed by atoms with Crippen LogP contribution < -0.4 is 15.1 Å². The van der Waals surface area contributed by atoms with Crippen LogP contribution in [0.4, 0.5) is 16.2 Å². The maximum absolute atomic E-state index is 12.1. The van der Waals surface area contributed by atoms with Crippen LogP contribution in [-0.2, 0) is 4.74 Å². The van der Waals surface area contributed by atoms with Crippen LogP contribution in [0.1, 0.15) is 43.0 Å². The molecular weight excluding hydrogens is 507 g/mol. The number of amides is 1. The van der Waals surface area contributed by atoms with Gasteiger partial charge in [0.05, 0.1) is 0 Å². The summed E-state index contributed by atoms with van der Waals surface area (Å²) in [5, 5.41) is 5.08. The Labute approximate surface area is 232 Å². The van der Waals surface area contributed by atoms with Crippen LogP contribution in [0.2, 0.25) is 10.0 Å². The number of hydrogen-bond donors (Lipinski definition) is 1. The first-order chi connectivity index (χ1) is 17.4. The molecule has 2 aromatic carbocycles. The second-order valence-electron chi connectivity index (χ2n) is 11.0. The van der Waals surface area contributed by atoms with E-state index in [9.17, 15) is 4.79 Å². The highest BCUT2D eigenvalue weighted by Gasteiger charge is 2.26. The molecule has 4 rings (SSSR count). The topological polar surface area (TPSA) is 48.1 Å². The van der Waals surface area contributed by atoms with E-state index in [2.05, 4.69) is 53.2 Å². The molecule has 8 heteroatoms. The maximum atomic E-state index is 12.1. The Morgan fingerprint density at radius 2 is 1.11 bits per heavy atom. The van der Waals surface area contributed by atoms with Crippen LogP contribution in [0, 0.1) is 27.7 Å². The number of rotatable bonds is 2. The SMILES string of the molecule is Cc1cc(N2CCN(C(=O)OC(C)(C)C)CC2)cc(C)c1Cl.Cc1cc(N2CCNCC2)cc(C)c1Cl. The van der Waals surface area contributed by atoms with Crippen molar-refractivity contribution in [2.45, 2.75) is 54.1 Å². The summed E-state index contributed by atoms with van der Waals surface area (Å²) in [5.41, 5.74) is 6.55. The minimum absolute atomic E-state index is 0.226. The summed E-state index contributed by atoms with van der Waals surface area (Å²) in [6.45, 7) is 21.1. The van der Waals surface area contributed by atoms with E-state index >= 15 is 0 Å². The lowest BCUT2D eigenvalue weighted by Crippen LogP contribution is -2.50. The molecule has 2 saturated heterocycles. The molecule has 2 aromatic rings. The van der Waals surface area contributed by atoms with Crippen LogP contribution >= 0.6 is 23.2 Å². The molecule has 0 unspecified atom stereocenters. The first-order valence-corrected chi connectivity index (χ1v) is 13.8. The summed E-state index contributed by atoms with van der Waals surface area (Å²) < 4.78 is 5.42. The third-order valence-corrected chi connectivity index (χ3v) is 7.81. The van der Waals surface area contributed by atoms with Crippen molar-refractivity contribution in [3.05, 3.63) is 56.6 Å². The van der Waals surface area contributed by atoms with Crippen LogP contribution in [0.5, 0.6) is 0 Å². The van der Waals surface area contributed by atoms with E-state index in [1.165, 1.54) is 22.5 Å². The van der Waals surface area contributed by atoms with Crippen molar-refractivity contribution >= 4 is 40.7 Å². The number of aryl methyl sites for hydroxylation is 4. The molecule has 0 bridgehead atoms. The lowest BCUT2D eigenvalue weighted by molar-refractivity contribution is 0.0240. The number of piperazine rings is 2. The van der Waals surface area contributed by atoms with Gasteiger partial charge in [-0.3, -0.25) is 0 Å². The fourth-order valence-electron chi connectivity index (χ4n) is 4.61. The average Bonchev–Trinajstić information content (AvgIpc) is 2.85. The molecule has 0 spiro atoms. The van der Waals surface area contributed by atoms with E-state index in [0.29, 0.717) is 13.1 Å². The first-order valence-electron chi connectivity index (χ1n) is 13.1. The number of nitrogens with one attached hydrogen (secondary N) is 1. The Bertz CT molecular complexity index is 1040. The van der Waals surface area contributed by atoms with Crippen molar-refractivity contribution < 1.29 is 9.53 Å². The van der Waals surface area contributed by atoms with Crippen molar-refractivity contribution in [1.82, 2.24) is 10.2 Å². The minimum atomic E-state index is -0.446. The average molecular weight is 550 g/mol. The van der Waals surface area contributed by atoms with Gasteiger partial charge in [0.15, 0.2) is 0 Å². The van der Waals surface area contributed by atoms with Crippen LogP contribution in [0.15, 0.2) is 24.3 Å². The van der Waals surface area contributed by atoms with Crippen molar-refractivity contribution in [3.63, 3.8) is 0 Å². The Balaban J connectivity index is 0.000000220. The lowest BCUT2D eigenvalue weighted by atomic mass is 10.1. The number of carbonyl (C=O) groups excluding carboxylic acids is 1. The minimum Gasteiger partial charge on any atom is -0.444 e. The molecule has 1 N–H and O–H groups in total. The molecule has 2 heterocycles. The number of halogens is 2. The second-order valence-corrected chi connectivity index (χ2v) is 11.7. The number of benzene rings is 2. The molecule has 0 radical (unpaired) electrons. The molecule has 0 atom stereocenters. The summed E-state index contributed by atoms with van der Waals surface area (Å²) in [7, 11) is 0. The molecule has 37 heavy (non-hydrogen) atoms. The monoisotopic (exact) mass is 548 g/mol. The third-order valence-electron chi connectivity index (χ3n) is 6.62. The molecule has 2 aliphatic heterocycles. The summed E-state index contributed by atoms with van der Waals surface area (Å²) >= 11 is 12.4. The number of anilines is 2. The standard InChI is InChI=1S/C17H25ClN2O2.C12H17ClN2/c1-12-10-14(11-13(2)15(12)18)19-6-8-20(9-7-19)16(21)22-17(3,4)5;1-9-7-11(8-10(2)12(9)13)15-5-3-14-4-6-15/h10-11H,6-9H2,1-5H3;7-8,14H,3-6H2,1-2H3. The van der Waals surface area contributed by atoms with Gasteiger partial charge in [-0.1, -0.05) is 23.2 Å². The summed E-state index contributed by atoms with van der Waals surface area (Å²) in [6.07, 6.45) is -0.226.